The van der Waals surface area contributed by atoms with Gasteiger partial charge in [0.1, 0.15) is 5.58 Å². The van der Waals surface area contributed by atoms with Crippen LogP contribution in [0.1, 0.15) is 5.56 Å². The Kier molecular flexibility index (Phi) is 7.96. The van der Waals surface area contributed by atoms with Gasteiger partial charge < -0.3 is 23.5 Å². The van der Waals surface area contributed by atoms with Gasteiger partial charge in [-0.2, -0.15) is 9.78 Å². The van der Waals surface area contributed by atoms with Gasteiger partial charge in [0.15, 0.2) is 23.9 Å². The molecular formula is C30H24BrClN4O6. The molecule has 0 bridgehead atoms. The average molecular weight is 652 g/mol. The predicted molar refractivity (Wildman–Crippen MR) is 163 cm³/mol. The largest absolute Gasteiger partial charge is 0.493 e. The van der Waals surface area contributed by atoms with E-state index in [9.17, 15) is 9.59 Å². The Balaban J connectivity index is 1.43. The fraction of sp³-hybridized carbons (Fsp3) is 0.200. The second-order valence-corrected chi connectivity index (χ2v) is 10.8. The second-order valence-electron chi connectivity index (χ2n) is 9.42. The summed E-state index contributed by atoms with van der Waals surface area (Å²) in [5.41, 5.74) is 1.16. The summed E-state index contributed by atoms with van der Waals surface area (Å²) in [7, 11) is 1.50. The molecule has 2 aromatic heterocycles. The molecule has 0 aliphatic carbocycles. The first-order valence-corrected chi connectivity index (χ1v) is 14.2. The number of ether oxygens (including phenoxy) is 3. The zero-order chi connectivity index (χ0) is 29.2. The Hall–Kier alpha value is -4.19. The van der Waals surface area contributed by atoms with Crippen LogP contribution in [-0.2, 0) is 9.53 Å². The number of amides is 1. The normalized spacial score (nSPS) is 13.7. The standard InChI is InChI=1S/C30H24BrClN4O6/c1-39-25-15-20(31)12-19(28(25)41-17-27(37)35-8-10-40-11-9-35)16-33-36-29(34-23-5-3-2-4-22(23)30(36)38)26-14-18-13-21(32)6-7-24(18)42-26/h2-7,12-16H,8-11,17H2,1H3. The third-order valence-corrected chi connectivity index (χ3v) is 7.43. The van der Waals surface area contributed by atoms with Gasteiger partial charge >= 0.3 is 0 Å². The second kappa shape index (κ2) is 12.0. The summed E-state index contributed by atoms with van der Waals surface area (Å²) < 4.78 is 24.8. The van der Waals surface area contributed by atoms with Crippen LogP contribution in [0.2, 0.25) is 5.02 Å². The van der Waals surface area contributed by atoms with Crippen molar-refractivity contribution in [3.63, 3.8) is 0 Å². The first-order valence-electron chi connectivity index (χ1n) is 13.0. The molecule has 0 spiro atoms. The van der Waals surface area contributed by atoms with Crippen LogP contribution in [-0.4, -0.2) is 66.7 Å². The first-order chi connectivity index (χ1) is 20.4. The third kappa shape index (κ3) is 5.63. The van der Waals surface area contributed by atoms with Gasteiger partial charge in [-0.1, -0.05) is 39.7 Å². The van der Waals surface area contributed by atoms with Crippen LogP contribution in [0.5, 0.6) is 11.5 Å². The number of para-hydroxylation sites is 1. The van der Waals surface area contributed by atoms with E-state index >= 15 is 0 Å². The molecular weight excluding hydrogens is 628 g/mol. The molecule has 0 saturated carbocycles. The van der Waals surface area contributed by atoms with Crippen molar-refractivity contribution in [2.24, 2.45) is 5.10 Å². The molecule has 10 nitrogen and oxygen atoms in total. The van der Waals surface area contributed by atoms with E-state index in [0.29, 0.717) is 75.1 Å². The summed E-state index contributed by atoms with van der Waals surface area (Å²) >= 11 is 9.66. The number of benzene rings is 3. The van der Waals surface area contributed by atoms with E-state index in [-0.39, 0.29) is 18.3 Å². The number of hydrogen-bond acceptors (Lipinski definition) is 8. The Morgan fingerprint density at radius 1 is 1.14 bits per heavy atom. The van der Waals surface area contributed by atoms with Gasteiger partial charge in [0.05, 0.1) is 37.4 Å². The number of fused-ring (bicyclic) bond motifs is 2. The summed E-state index contributed by atoms with van der Waals surface area (Å²) in [5.74, 6) is 1.06. The average Bonchev–Trinajstić information content (AvgIpc) is 3.43. The van der Waals surface area contributed by atoms with Gasteiger partial charge in [-0.05, 0) is 48.5 Å². The van der Waals surface area contributed by atoms with Crippen molar-refractivity contribution in [1.82, 2.24) is 14.6 Å². The van der Waals surface area contributed by atoms with E-state index in [1.807, 2.05) is 0 Å². The molecule has 0 unspecified atom stereocenters. The molecule has 214 valence electrons. The minimum absolute atomic E-state index is 0.173. The van der Waals surface area contributed by atoms with Crippen LogP contribution in [0.4, 0.5) is 0 Å². The number of carbonyl (C=O) groups is 1. The molecule has 1 amide bonds. The maximum atomic E-state index is 13.7. The summed E-state index contributed by atoms with van der Waals surface area (Å²) in [6.45, 7) is 1.77. The highest BCUT2D eigenvalue weighted by Crippen LogP contribution is 2.34. The van der Waals surface area contributed by atoms with Crippen LogP contribution in [0.3, 0.4) is 0 Å². The van der Waals surface area contributed by atoms with Crippen LogP contribution in [0.25, 0.3) is 33.5 Å². The third-order valence-electron chi connectivity index (χ3n) is 6.74. The number of hydrogen-bond donors (Lipinski definition) is 0. The Labute approximate surface area is 253 Å². The number of aromatic nitrogens is 2. The molecule has 1 fully saturated rings. The highest BCUT2D eigenvalue weighted by molar-refractivity contribution is 9.10. The summed E-state index contributed by atoms with van der Waals surface area (Å²) in [5, 5.41) is 6.25. The maximum Gasteiger partial charge on any atom is 0.282 e. The summed E-state index contributed by atoms with van der Waals surface area (Å²) in [6, 6.07) is 17.5. The molecule has 0 radical (unpaired) electrons. The minimum atomic E-state index is -0.391. The Morgan fingerprint density at radius 2 is 1.95 bits per heavy atom. The Bertz CT molecular complexity index is 1900. The molecule has 1 saturated heterocycles. The van der Waals surface area contributed by atoms with Gasteiger partial charge in [0.25, 0.3) is 11.5 Å². The van der Waals surface area contributed by atoms with Crippen LogP contribution in [0, 0.1) is 0 Å². The van der Waals surface area contributed by atoms with E-state index in [1.54, 1.807) is 65.6 Å². The zero-order valence-corrected chi connectivity index (χ0v) is 24.7. The highest BCUT2D eigenvalue weighted by Gasteiger charge is 2.21. The number of halogens is 2. The van der Waals surface area contributed by atoms with Crippen molar-refractivity contribution >= 4 is 61.5 Å². The number of nitrogens with zero attached hydrogens (tertiary/aromatic N) is 4. The van der Waals surface area contributed by atoms with Crippen molar-refractivity contribution in [2.45, 2.75) is 0 Å². The SMILES string of the molecule is COc1cc(Br)cc(C=Nn2c(-c3cc4cc(Cl)ccc4o3)nc3ccccc3c2=O)c1OCC(=O)N1CCOCC1. The molecule has 0 atom stereocenters. The quantitative estimate of drug-likeness (QED) is 0.218. The molecule has 1 aliphatic rings. The van der Waals surface area contributed by atoms with Crippen molar-refractivity contribution < 1.29 is 23.4 Å². The van der Waals surface area contributed by atoms with Gasteiger partial charge in [-0.3, -0.25) is 9.59 Å². The van der Waals surface area contributed by atoms with Crippen LogP contribution in [0.15, 0.2) is 79.4 Å². The van der Waals surface area contributed by atoms with E-state index < -0.39 is 5.56 Å². The molecule has 3 heterocycles. The topological polar surface area (TPSA) is 108 Å². The number of furan rings is 1. The monoisotopic (exact) mass is 650 g/mol. The van der Waals surface area contributed by atoms with Crippen molar-refractivity contribution in [2.75, 3.05) is 40.0 Å². The molecule has 42 heavy (non-hydrogen) atoms. The van der Waals surface area contributed by atoms with Crippen molar-refractivity contribution in [3.05, 3.63) is 86.1 Å². The maximum absolute atomic E-state index is 13.7. The number of carbonyl (C=O) groups excluding carboxylic acids is 1. The van der Waals surface area contributed by atoms with Gasteiger partial charge in [0, 0.05) is 33.5 Å². The molecule has 0 N–H and O–H groups in total. The molecule has 3 aromatic carbocycles. The molecule has 5 aromatic rings. The fourth-order valence-electron chi connectivity index (χ4n) is 4.66. The lowest BCUT2D eigenvalue weighted by Crippen LogP contribution is -2.43. The molecule has 1 aliphatic heterocycles. The van der Waals surface area contributed by atoms with Gasteiger partial charge in [-0.15, -0.1) is 0 Å². The highest BCUT2D eigenvalue weighted by atomic mass is 79.9. The zero-order valence-electron chi connectivity index (χ0n) is 22.4. The van der Waals surface area contributed by atoms with Gasteiger partial charge in [-0.25, -0.2) is 4.98 Å². The lowest BCUT2D eigenvalue weighted by Gasteiger charge is -2.27. The van der Waals surface area contributed by atoms with E-state index in [2.05, 4.69) is 21.0 Å². The molecule has 6 rings (SSSR count). The summed E-state index contributed by atoms with van der Waals surface area (Å²) in [4.78, 5) is 32.9. The fourth-order valence-corrected chi connectivity index (χ4v) is 5.30. The van der Waals surface area contributed by atoms with Crippen LogP contribution >= 0.6 is 27.5 Å². The number of morpholine rings is 1. The van der Waals surface area contributed by atoms with Crippen molar-refractivity contribution in [3.8, 4) is 23.1 Å². The van der Waals surface area contributed by atoms with E-state index in [0.717, 1.165) is 5.39 Å². The lowest BCUT2D eigenvalue weighted by molar-refractivity contribution is -0.137. The first kappa shape index (κ1) is 28.0. The smallest absolute Gasteiger partial charge is 0.282 e. The van der Waals surface area contributed by atoms with Crippen LogP contribution < -0.4 is 15.0 Å². The minimum Gasteiger partial charge on any atom is -0.493 e. The number of rotatable bonds is 7. The van der Waals surface area contributed by atoms with E-state index in [4.69, 9.17) is 35.2 Å². The predicted octanol–water partition coefficient (Wildman–Crippen LogP) is 5.35. The Morgan fingerprint density at radius 3 is 2.76 bits per heavy atom. The molecule has 12 heteroatoms. The van der Waals surface area contributed by atoms with Crippen molar-refractivity contribution in [1.29, 1.82) is 0 Å². The number of methoxy groups -OCH3 is 1. The lowest BCUT2D eigenvalue weighted by atomic mass is 10.2. The van der Waals surface area contributed by atoms with Gasteiger partial charge in [0.2, 0.25) is 5.82 Å². The van der Waals surface area contributed by atoms with E-state index in [1.165, 1.54) is 18.0 Å². The summed E-state index contributed by atoms with van der Waals surface area (Å²) in [6.07, 6.45) is 1.46.